The predicted octanol–water partition coefficient (Wildman–Crippen LogP) is 5.16. The van der Waals surface area contributed by atoms with Crippen molar-refractivity contribution in [3.05, 3.63) is 50.7 Å². The van der Waals surface area contributed by atoms with E-state index in [9.17, 15) is 13.2 Å². The molecule has 1 heterocycles. The molecule has 0 amide bonds. The first kappa shape index (κ1) is 14.7. The molecule has 1 atom stereocenters. The lowest BCUT2D eigenvalue weighted by Crippen LogP contribution is -2.39. The molecule has 0 N–H and O–H groups in total. The molecule has 1 aliphatic rings. The van der Waals surface area contributed by atoms with Crippen LogP contribution < -0.4 is 4.90 Å². The zero-order valence-electron chi connectivity index (χ0n) is 9.88. The van der Waals surface area contributed by atoms with Crippen molar-refractivity contribution >= 4 is 39.9 Å². The number of hydrogen-bond donors (Lipinski definition) is 0. The predicted molar refractivity (Wildman–Crippen MR) is 79.4 cm³/mol. The van der Waals surface area contributed by atoms with Crippen LogP contribution in [0, 0.1) is 3.57 Å². The Kier molecular flexibility index (Phi) is 4.15. The molecule has 0 spiro atoms. The molecular formula is C13H10ClF3IN. The second-order valence-electron chi connectivity index (χ2n) is 4.14. The molecule has 0 aliphatic carbocycles. The van der Waals surface area contributed by atoms with Gasteiger partial charge in [-0.2, -0.15) is 13.2 Å². The number of allylic oxidation sites excluding steroid dienone is 3. The second-order valence-corrected chi connectivity index (χ2v) is 5.71. The number of alkyl halides is 3. The van der Waals surface area contributed by atoms with E-state index < -0.39 is 11.9 Å². The summed E-state index contributed by atoms with van der Waals surface area (Å²) in [5.41, 5.74) is -0.185. The highest BCUT2D eigenvalue weighted by Crippen LogP contribution is 2.37. The maximum absolute atomic E-state index is 13.1. The number of rotatable bonds is 1. The van der Waals surface area contributed by atoms with Gasteiger partial charge in [0.25, 0.3) is 0 Å². The molecule has 102 valence electrons. The summed E-state index contributed by atoms with van der Waals surface area (Å²) in [5.74, 6) is 0. The quantitative estimate of drug-likeness (QED) is 0.590. The molecule has 1 aromatic rings. The van der Waals surface area contributed by atoms with Crippen LogP contribution in [0.2, 0.25) is 5.02 Å². The van der Waals surface area contributed by atoms with Crippen LogP contribution in [0.1, 0.15) is 6.92 Å². The largest absolute Gasteiger partial charge is 0.431 e. The van der Waals surface area contributed by atoms with Gasteiger partial charge in [0, 0.05) is 15.3 Å². The summed E-state index contributed by atoms with van der Waals surface area (Å²) in [5, 5.41) is 0.530. The van der Waals surface area contributed by atoms with Crippen LogP contribution in [0.4, 0.5) is 18.9 Å². The molecule has 0 aromatic heterocycles. The van der Waals surface area contributed by atoms with Crippen LogP contribution in [-0.4, -0.2) is 12.2 Å². The van der Waals surface area contributed by atoms with Gasteiger partial charge in [-0.25, -0.2) is 0 Å². The van der Waals surface area contributed by atoms with E-state index in [0.717, 1.165) is 9.65 Å². The fraction of sp³-hybridized carbons (Fsp3) is 0.231. The lowest BCUT2D eigenvalue weighted by Gasteiger charge is -2.34. The Labute approximate surface area is 127 Å². The van der Waals surface area contributed by atoms with Crippen LogP contribution in [0.25, 0.3) is 0 Å². The Hall–Kier alpha value is -0.690. The number of benzene rings is 1. The summed E-state index contributed by atoms with van der Waals surface area (Å²) in [7, 11) is 0. The fourth-order valence-corrected chi connectivity index (χ4v) is 2.55. The maximum Gasteiger partial charge on any atom is 0.431 e. The molecule has 1 unspecified atom stereocenters. The third-order valence-electron chi connectivity index (χ3n) is 2.78. The van der Waals surface area contributed by atoms with Crippen LogP contribution in [-0.2, 0) is 0 Å². The number of nitrogens with zero attached hydrogens (tertiary/aromatic N) is 1. The van der Waals surface area contributed by atoms with E-state index >= 15 is 0 Å². The molecule has 6 heteroatoms. The van der Waals surface area contributed by atoms with Crippen LogP contribution in [0.5, 0.6) is 0 Å². The zero-order valence-corrected chi connectivity index (χ0v) is 12.8. The Morgan fingerprint density at radius 2 is 2.00 bits per heavy atom. The molecule has 0 radical (unpaired) electrons. The van der Waals surface area contributed by atoms with E-state index in [4.69, 9.17) is 11.6 Å². The first-order valence-corrected chi connectivity index (χ1v) is 6.96. The number of halogens is 5. The first-order chi connectivity index (χ1) is 8.80. The molecule has 1 aliphatic heterocycles. The van der Waals surface area contributed by atoms with Gasteiger partial charge < -0.3 is 4.90 Å². The van der Waals surface area contributed by atoms with Crippen molar-refractivity contribution in [1.82, 2.24) is 0 Å². The average Bonchev–Trinajstić information content (AvgIpc) is 2.31. The van der Waals surface area contributed by atoms with Crippen molar-refractivity contribution in [3.63, 3.8) is 0 Å². The SMILES string of the molecule is CC1C=CC=C(C(F)(F)F)N1c1ccc(Cl)c(I)c1. The third-order valence-corrected chi connectivity index (χ3v) is 4.32. The second kappa shape index (κ2) is 5.36. The van der Waals surface area contributed by atoms with Gasteiger partial charge >= 0.3 is 6.18 Å². The molecular weight excluding hydrogens is 390 g/mol. The summed E-state index contributed by atoms with van der Waals surface area (Å²) < 4.78 is 39.9. The molecule has 0 saturated carbocycles. The normalized spacial score (nSPS) is 19.6. The average molecular weight is 400 g/mol. The molecule has 1 aromatic carbocycles. The van der Waals surface area contributed by atoms with Gasteiger partial charge in [0.05, 0.1) is 5.02 Å². The van der Waals surface area contributed by atoms with E-state index in [1.54, 1.807) is 31.2 Å². The minimum atomic E-state index is -4.38. The van der Waals surface area contributed by atoms with Crippen molar-refractivity contribution in [2.75, 3.05) is 4.90 Å². The highest BCUT2D eigenvalue weighted by molar-refractivity contribution is 14.1. The topological polar surface area (TPSA) is 3.24 Å². The molecule has 0 bridgehead atoms. The van der Waals surface area contributed by atoms with Gasteiger partial charge in [-0.1, -0.05) is 23.8 Å². The van der Waals surface area contributed by atoms with Gasteiger partial charge in [-0.15, -0.1) is 0 Å². The van der Waals surface area contributed by atoms with E-state index in [-0.39, 0.29) is 6.04 Å². The number of anilines is 1. The van der Waals surface area contributed by atoms with Gasteiger partial charge in [0.15, 0.2) is 0 Å². The molecule has 19 heavy (non-hydrogen) atoms. The van der Waals surface area contributed by atoms with Crippen molar-refractivity contribution < 1.29 is 13.2 Å². The standard InChI is InChI=1S/C13H10ClF3IN/c1-8-3-2-4-12(13(15,16)17)19(8)9-5-6-10(14)11(18)7-9/h2-8H,1H3. The van der Waals surface area contributed by atoms with Crippen molar-refractivity contribution in [3.8, 4) is 0 Å². The molecule has 0 fully saturated rings. The van der Waals surface area contributed by atoms with Crippen LogP contribution in [0.15, 0.2) is 42.1 Å². The van der Waals surface area contributed by atoms with E-state index in [1.807, 2.05) is 22.6 Å². The fourth-order valence-electron chi connectivity index (χ4n) is 1.93. The Bertz CT molecular complexity index is 551. The Balaban J connectivity index is 2.48. The van der Waals surface area contributed by atoms with Gasteiger partial charge in [-0.05, 0) is 53.8 Å². The highest BCUT2D eigenvalue weighted by atomic mass is 127. The van der Waals surface area contributed by atoms with E-state index in [0.29, 0.717) is 10.7 Å². The van der Waals surface area contributed by atoms with Crippen LogP contribution >= 0.6 is 34.2 Å². The maximum atomic E-state index is 13.1. The Morgan fingerprint density at radius 1 is 1.32 bits per heavy atom. The zero-order chi connectivity index (χ0) is 14.2. The summed E-state index contributed by atoms with van der Waals surface area (Å²) in [6, 6.07) is 4.49. The molecule has 1 nitrogen and oxygen atoms in total. The minimum absolute atomic E-state index is 0.362. The molecule has 0 saturated heterocycles. The lowest BCUT2D eigenvalue weighted by molar-refractivity contribution is -0.0939. The van der Waals surface area contributed by atoms with E-state index in [2.05, 4.69) is 0 Å². The summed E-state index contributed by atoms with van der Waals surface area (Å²) in [4.78, 5) is 1.26. The van der Waals surface area contributed by atoms with Crippen molar-refractivity contribution in [1.29, 1.82) is 0 Å². The third kappa shape index (κ3) is 3.08. The lowest BCUT2D eigenvalue weighted by atomic mass is 10.1. The van der Waals surface area contributed by atoms with E-state index in [1.165, 1.54) is 11.0 Å². The summed E-state index contributed by atoms with van der Waals surface area (Å²) in [6.45, 7) is 1.72. The minimum Gasteiger partial charge on any atom is -0.331 e. The highest BCUT2D eigenvalue weighted by Gasteiger charge is 2.40. The summed E-state index contributed by atoms with van der Waals surface area (Å²) in [6.07, 6.45) is -0.146. The van der Waals surface area contributed by atoms with Gasteiger partial charge in [-0.3, -0.25) is 0 Å². The Morgan fingerprint density at radius 3 is 2.58 bits per heavy atom. The number of hydrogen-bond acceptors (Lipinski definition) is 1. The van der Waals surface area contributed by atoms with Gasteiger partial charge in [0.1, 0.15) is 5.70 Å². The van der Waals surface area contributed by atoms with Crippen molar-refractivity contribution in [2.45, 2.75) is 19.1 Å². The smallest absolute Gasteiger partial charge is 0.331 e. The monoisotopic (exact) mass is 399 g/mol. The summed E-state index contributed by atoms with van der Waals surface area (Å²) >= 11 is 7.91. The van der Waals surface area contributed by atoms with Gasteiger partial charge in [0.2, 0.25) is 0 Å². The molecule has 2 rings (SSSR count). The van der Waals surface area contributed by atoms with Crippen molar-refractivity contribution in [2.24, 2.45) is 0 Å². The van der Waals surface area contributed by atoms with Crippen LogP contribution in [0.3, 0.4) is 0 Å². The first-order valence-electron chi connectivity index (χ1n) is 5.50.